The minimum atomic E-state index is -3.01. The summed E-state index contributed by atoms with van der Waals surface area (Å²) in [6.45, 7) is 1.39. The molecule has 2 aliphatic rings. The van der Waals surface area contributed by atoms with Crippen molar-refractivity contribution in [3.63, 3.8) is 0 Å². The van der Waals surface area contributed by atoms with Crippen molar-refractivity contribution in [2.45, 2.75) is 55.9 Å². The Balaban J connectivity index is 1.41. The Morgan fingerprint density at radius 2 is 1.88 bits per heavy atom. The second kappa shape index (κ2) is 8.57. The number of fused-ring (bicyclic) bond motifs is 1. The molecule has 10 heteroatoms. The Morgan fingerprint density at radius 1 is 1.12 bits per heavy atom. The zero-order valence-electron chi connectivity index (χ0n) is 18.8. The average Bonchev–Trinajstić information content (AvgIpc) is 3.23. The minimum Gasteiger partial charge on any atom is -0.371 e. The van der Waals surface area contributed by atoms with Crippen LogP contribution in [0.15, 0.2) is 36.7 Å². The summed E-state index contributed by atoms with van der Waals surface area (Å²) in [6.07, 6.45) is 10.6. The van der Waals surface area contributed by atoms with Crippen molar-refractivity contribution < 1.29 is 13.5 Å². The zero-order valence-corrected chi connectivity index (χ0v) is 19.6. The first kappa shape index (κ1) is 22.1. The number of hydrogen-bond acceptors (Lipinski definition) is 8. The van der Waals surface area contributed by atoms with Crippen molar-refractivity contribution in [2.75, 3.05) is 29.6 Å². The first-order valence-electron chi connectivity index (χ1n) is 11.6. The molecule has 1 aliphatic carbocycles. The van der Waals surface area contributed by atoms with Crippen LogP contribution in [0.3, 0.4) is 0 Å². The van der Waals surface area contributed by atoms with Gasteiger partial charge >= 0.3 is 0 Å². The third kappa shape index (κ3) is 4.54. The first-order chi connectivity index (χ1) is 15.8. The molecule has 2 aromatic heterocycles. The van der Waals surface area contributed by atoms with Crippen LogP contribution in [0, 0.1) is 0 Å². The van der Waals surface area contributed by atoms with Gasteiger partial charge < -0.3 is 15.3 Å². The highest BCUT2D eigenvalue weighted by Gasteiger charge is 2.30. The number of hydrogen-bond donors (Lipinski definition) is 2. The summed E-state index contributed by atoms with van der Waals surface area (Å²) >= 11 is 0. The van der Waals surface area contributed by atoms with Crippen LogP contribution in [0.25, 0.3) is 16.7 Å². The fraction of sp³-hybridized carbons (Fsp3) is 0.522. The quantitative estimate of drug-likeness (QED) is 0.547. The maximum Gasteiger partial charge on any atom is 0.226 e. The summed E-state index contributed by atoms with van der Waals surface area (Å²) in [6, 6.07) is 7.84. The predicted octanol–water partition coefficient (Wildman–Crippen LogP) is 2.89. The van der Waals surface area contributed by atoms with Crippen LogP contribution in [0.5, 0.6) is 0 Å². The summed E-state index contributed by atoms with van der Waals surface area (Å²) in [7, 11) is -3.01. The lowest BCUT2D eigenvalue weighted by molar-refractivity contribution is 0.0309. The SMILES string of the molecule is CS(=O)(=O)C1CCN(c2cccc3c2cnn3-c2ccnc(NC3(O)CCCCC3)n2)CC1. The van der Waals surface area contributed by atoms with Gasteiger partial charge in [0.25, 0.3) is 0 Å². The highest BCUT2D eigenvalue weighted by molar-refractivity contribution is 7.91. The predicted molar refractivity (Wildman–Crippen MR) is 128 cm³/mol. The fourth-order valence-electron chi connectivity index (χ4n) is 5.02. The van der Waals surface area contributed by atoms with Gasteiger partial charge in [0.05, 0.1) is 17.0 Å². The largest absolute Gasteiger partial charge is 0.371 e. The Kier molecular flexibility index (Phi) is 5.74. The van der Waals surface area contributed by atoms with Crippen molar-refractivity contribution in [3.8, 4) is 5.82 Å². The van der Waals surface area contributed by atoms with E-state index >= 15 is 0 Å². The summed E-state index contributed by atoms with van der Waals surface area (Å²) < 4.78 is 25.6. The molecule has 0 spiro atoms. The standard InChI is InChI=1S/C23H30N6O3S/c1-33(31,32)17-9-14-28(15-10-17)19-6-5-7-20-18(19)16-25-29(20)21-8-13-24-22(26-21)27-23(30)11-3-2-4-12-23/h5-8,13,16-17,30H,2-4,9-12,14-15H2,1H3,(H,24,26,27). The van der Waals surface area contributed by atoms with Gasteiger partial charge in [-0.1, -0.05) is 12.5 Å². The highest BCUT2D eigenvalue weighted by Crippen LogP contribution is 2.32. The Labute approximate surface area is 193 Å². The van der Waals surface area contributed by atoms with Crippen LogP contribution in [0.4, 0.5) is 11.6 Å². The van der Waals surface area contributed by atoms with Gasteiger partial charge in [-0.2, -0.15) is 10.1 Å². The number of aromatic nitrogens is 4. The fourth-order valence-corrected chi connectivity index (χ4v) is 6.08. The van der Waals surface area contributed by atoms with Crippen molar-refractivity contribution in [2.24, 2.45) is 0 Å². The van der Waals surface area contributed by atoms with E-state index in [4.69, 9.17) is 0 Å². The molecule has 33 heavy (non-hydrogen) atoms. The number of aliphatic hydroxyl groups is 1. The molecule has 0 unspecified atom stereocenters. The van der Waals surface area contributed by atoms with E-state index in [2.05, 4.69) is 31.3 Å². The van der Waals surface area contributed by atoms with Crippen LogP contribution >= 0.6 is 0 Å². The molecule has 176 valence electrons. The van der Waals surface area contributed by atoms with E-state index in [1.165, 1.54) is 6.26 Å². The summed E-state index contributed by atoms with van der Waals surface area (Å²) in [5.74, 6) is 1.01. The van der Waals surface area contributed by atoms with Crippen molar-refractivity contribution >= 4 is 32.4 Å². The van der Waals surface area contributed by atoms with Crippen LogP contribution in [-0.4, -0.2) is 63.6 Å². The number of nitrogens with zero attached hydrogens (tertiary/aromatic N) is 5. The Bertz CT molecular complexity index is 1240. The molecule has 3 aromatic rings. The van der Waals surface area contributed by atoms with Gasteiger partial charge in [0, 0.05) is 42.7 Å². The van der Waals surface area contributed by atoms with Gasteiger partial charge in [0.2, 0.25) is 5.95 Å². The number of rotatable bonds is 5. The highest BCUT2D eigenvalue weighted by atomic mass is 32.2. The lowest BCUT2D eigenvalue weighted by Gasteiger charge is -2.33. The van der Waals surface area contributed by atoms with Gasteiger partial charge in [0.1, 0.15) is 15.6 Å². The second-order valence-electron chi connectivity index (χ2n) is 9.24. The third-order valence-electron chi connectivity index (χ3n) is 6.86. The van der Waals surface area contributed by atoms with Gasteiger partial charge in [-0.15, -0.1) is 0 Å². The van der Waals surface area contributed by atoms with Crippen molar-refractivity contribution in [1.29, 1.82) is 0 Å². The number of anilines is 2. The second-order valence-corrected chi connectivity index (χ2v) is 11.6. The lowest BCUT2D eigenvalue weighted by atomic mass is 9.92. The van der Waals surface area contributed by atoms with Crippen molar-refractivity contribution in [1.82, 2.24) is 19.7 Å². The van der Waals surface area contributed by atoms with E-state index < -0.39 is 15.6 Å². The van der Waals surface area contributed by atoms with E-state index in [0.29, 0.717) is 50.5 Å². The van der Waals surface area contributed by atoms with Crippen molar-refractivity contribution in [3.05, 3.63) is 36.7 Å². The molecule has 2 N–H and O–H groups in total. The van der Waals surface area contributed by atoms with Crippen LogP contribution in [-0.2, 0) is 9.84 Å². The molecule has 2 fully saturated rings. The van der Waals surface area contributed by atoms with E-state index in [9.17, 15) is 13.5 Å². The molecule has 0 atom stereocenters. The van der Waals surface area contributed by atoms with Gasteiger partial charge in [-0.25, -0.2) is 18.1 Å². The number of sulfone groups is 1. The van der Waals surface area contributed by atoms with E-state index in [1.807, 2.05) is 18.3 Å². The van der Waals surface area contributed by atoms with Gasteiger partial charge in [0.15, 0.2) is 5.82 Å². The molecule has 1 saturated heterocycles. The number of piperidine rings is 1. The zero-order chi connectivity index (χ0) is 23.1. The maximum atomic E-state index is 11.9. The van der Waals surface area contributed by atoms with Crippen LogP contribution in [0.2, 0.25) is 0 Å². The van der Waals surface area contributed by atoms with Crippen LogP contribution in [0.1, 0.15) is 44.9 Å². The van der Waals surface area contributed by atoms with Gasteiger partial charge in [-0.3, -0.25) is 0 Å². The molecular formula is C23H30N6O3S. The Morgan fingerprint density at radius 3 is 2.61 bits per heavy atom. The summed E-state index contributed by atoms with van der Waals surface area (Å²) in [5.41, 5.74) is 1.00. The van der Waals surface area contributed by atoms with Gasteiger partial charge in [-0.05, 0) is 50.7 Å². The molecule has 1 aliphatic heterocycles. The molecular weight excluding hydrogens is 440 g/mol. The topological polar surface area (TPSA) is 113 Å². The number of benzene rings is 1. The normalized spacial score (nSPS) is 19.6. The summed E-state index contributed by atoms with van der Waals surface area (Å²) in [5, 5.41) is 19.3. The molecule has 0 radical (unpaired) electrons. The summed E-state index contributed by atoms with van der Waals surface area (Å²) in [4.78, 5) is 11.2. The Hall–Kier alpha value is -2.72. The minimum absolute atomic E-state index is 0.262. The molecule has 1 aromatic carbocycles. The molecule has 0 bridgehead atoms. The van der Waals surface area contributed by atoms with Crippen LogP contribution < -0.4 is 10.2 Å². The molecule has 9 nitrogen and oxygen atoms in total. The van der Waals surface area contributed by atoms with E-state index in [1.54, 1.807) is 16.9 Å². The molecule has 3 heterocycles. The van der Waals surface area contributed by atoms with E-state index in [0.717, 1.165) is 35.9 Å². The molecule has 5 rings (SSSR count). The number of nitrogens with one attached hydrogen (secondary N) is 1. The molecule has 1 saturated carbocycles. The first-order valence-corrected chi connectivity index (χ1v) is 13.5. The lowest BCUT2D eigenvalue weighted by Crippen LogP contribution is -2.40. The monoisotopic (exact) mass is 470 g/mol. The third-order valence-corrected chi connectivity index (χ3v) is 8.54. The molecule has 0 amide bonds. The average molecular weight is 471 g/mol. The van der Waals surface area contributed by atoms with E-state index in [-0.39, 0.29) is 5.25 Å². The smallest absolute Gasteiger partial charge is 0.226 e. The maximum absolute atomic E-state index is 11.9.